The number of hydrogen-bond acceptors (Lipinski definition) is 4. The monoisotopic (exact) mass is 272 g/mol. The summed E-state index contributed by atoms with van der Waals surface area (Å²) in [6, 6.07) is -0.597. The fraction of sp³-hybridized carbons (Fsp3) is 0.600. The van der Waals surface area contributed by atoms with Crippen LogP contribution in [-0.4, -0.2) is 60.4 Å². The lowest BCUT2D eigenvalue weighted by atomic mass is 10.2. The number of carbonyl (C=O) groups excluding carboxylic acids is 1. The molecule has 2 rings (SSSR count). The third-order valence-electron chi connectivity index (χ3n) is 3.01. The van der Waals surface area contributed by atoms with Crippen molar-refractivity contribution in [3.63, 3.8) is 0 Å². The summed E-state index contributed by atoms with van der Waals surface area (Å²) in [4.78, 5) is 13.5. The maximum atomic E-state index is 12.3. The number of aromatic nitrogens is 2. The molecule has 0 saturated carbocycles. The topological polar surface area (TPSA) is 86.4 Å². The van der Waals surface area contributed by atoms with Crippen LogP contribution in [0.15, 0.2) is 17.3 Å². The van der Waals surface area contributed by atoms with Crippen LogP contribution in [0.3, 0.4) is 0 Å². The molecule has 0 radical (unpaired) electrons. The molecule has 1 aliphatic rings. The number of carbonyl (C=O) groups is 1. The molecule has 1 atom stereocenters. The number of aromatic amines is 1. The number of H-pyrrole nitrogens is 1. The van der Waals surface area contributed by atoms with Crippen molar-refractivity contribution in [2.24, 2.45) is 0 Å². The Kier molecular flexibility index (Phi) is 3.40. The van der Waals surface area contributed by atoms with Crippen LogP contribution < -0.4 is 0 Å². The van der Waals surface area contributed by atoms with Gasteiger partial charge in [-0.15, -0.1) is 0 Å². The van der Waals surface area contributed by atoms with E-state index in [4.69, 9.17) is 0 Å². The second-order valence-electron chi connectivity index (χ2n) is 4.44. The minimum Gasteiger partial charge on any atom is -0.347 e. The minimum absolute atomic E-state index is 0.0981. The molecular formula is C10H16N4O3S. The Bertz CT molecular complexity index is 523. The van der Waals surface area contributed by atoms with Crippen molar-refractivity contribution in [1.29, 1.82) is 0 Å². The van der Waals surface area contributed by atoms with E-state index in [1.54, 1.807) is 14.1 Å². The molecule has 1 aromatic heterocycles. The number of nitrogens with zero attached hydrogens (tertiary/aromatic N) is 3. The van der Waals surface area contributed by atoms with E-state index in [1.165, 1.54) is 21.6 Å². The minimum atomic E-state index is -3.63. The van der Waals surface area contributed by atoms with Crippen LogP contribution in [0.5, 0.6) is 0 Å². The third kappa shape index (κ3) is 2.13. The van der Waals surface area contributed by atoms with Gasteiger partial charge in [-0.2, -0.15) is 9.40 Å². The van der Waals surface area contributed by atoms with Gasteiger partial charge < -0.3 is 4.90 Å². The highest BCUT2D eigenvalue weighted by molar-refractivity contribution is 7.89. The van der Waals surface area contributed by atoms with Gasteiger partial charge in [0, 0.05) is 26.8 Å². The van der Waals surface area contributed by atoms with Crippen LogP contribution >= 0.6 is 0 Å². The van der Waals surface area contributed by atoms with E-state index >= 15 is 0 Å². The van der Waals surface area contributed by atoms with Gasteiger partial charge in [0.1, 0.15) is 10.9 Å². The third-order valence-corrected chi connectivity index (χ3v) is 4.88. The summed E-state index contributed by atoms with van der Waals surface area (Å²) in [7, 11) is -0.374. The van der Waals surface area contributed by atoms with Crippen molar-refractivity contribution in [1.82, 2.24) is 19.4 Å². The first-order chi connectivity index (χ1) is 8.44. The molecule has 2 heterocycles. The van der Waals surface area contributed by atoms with E-state index in [9.17, 15) is 13.2 Å². The Morgan fingerprint density at radius 1 is 1.56 bits per heavy atom. The number of amides is 1. The summed E-state index contributed by atoms with van der Waals surface area (Å²) in [5.74, 6) is -0.181. The Morgan fingerprint density at radius 3 is 2.83 bits per heavy atom. The van der Waals surface area contributed by atoms with Crippen molar-refractivity contribution in [3.8, 4) is 0 Å². The van der Waals surface area contributed by atoms with Gasteiger partial charge in [-0.1, -0.05) is 0 Å². The predicted molar refractivity (Wildman–Crippen MR) is 64.2 cm³/mol. The van der Waals surface area contributed by atoms with Crippen molar-refractivity contribution in [2.75, 3.05) is 20.6 Å². The number of nitrogens with one attached hydrogen (secondary N) is 1. The van der Waals surface area contributed by atoms with Crippen LogP contribution in [0.4, 0.5) is 0 Å². The van der Waals surface area contributed by atoms with Crippen molar-refractivity contribution in [2.45, 2.75) is 23.8 Å². The smallest absolute Gasteiger partial charge is 0.246 e. The van der Waals surface area contributed by atoms with Crippen LogP contribution in [0, 0.1) is 0 Å². The van der Waals surface area contributed by atoms with Crippen molar-refractivity contribution < 1.29 is 13.2 Å². The standard InChI is InChI=1S/C10H16N4O3S/c1-13(2)10(15)9-4-3-5-14(9)18(16,17)8-6-11-12-7-8/h6-7,9H,3-5H2,1-2H3,(H,11,12). The molecule has 1 saturated heterocycles. The quantitative estimate of drug-likeness (QED) is 0.815. The molecule has 1 aliphatic heterocycles. The Hall–Kier alpha value is -1.41. The average Bonchev–Trinajstić information content (AvgIpc) is 2.99. The molecule has 0 spiro atoms. The molecule has 0 aromatic carbocycles. The van der Waals surface area contributed by atoms with Crippen molar-refractivity contribution in [3.05, 3.63) is 12.4 Å². The second-order valence-corrected chi connectivity index (χ2v) is 6.33. The van der Waals surface area contributed by atoms with Gasteiger partial charge in [-0.05, 0) is 12.8 Å². The van der Waals surface area contributed by atoms with Crippen molar-refractivity contribution >= 4 is 15.9 Å². The number of sulfonamides is 1. The predicted octanol–water partition coefficient (Wildman–Crippen LogP) is -0.349. The van der Waals surface area contributed by atoms with Crippen LogP contribution in [0.25, 0.3) is 0 Å². The SMILES string of the molecule is CN(C)C(=O)C1CCCN1S(=O)(=O)c1cn[nH]c1. The van der Waals surface area contributed by atoms with Gasteiger partial charge in [-0.25, -0.2) is 8.42 Å². The molecule has 8 heteroatoms. The lowest BCUT2D eigenvalue weighted by molar-refractivity contribution is -0.132. The normalized spacial score (nSPS) is 21.1. The Labute approximate surface area is 106 Å². The largest absolute Gasteiger partial charge is 0.347 e. The molecular weight excluding hydrogens is 256 g/mol. The molecule has 1 unspecified atom stereocenters. The average molecular weight is 272 g/mol. The Morgan fingerprint density at radius 2 is 2.28 bits per heavy atom. The van der Waals surface area contributed by atoms with Gasteiger partial charge >= 0.3 is 0 Å². The van der Waals surface area contributed by atoms with Gasteiger partial charge in [0.15, 0.2) is 0 Å². The zero-order valence-electron chi connectivity index (χ0n) is 10.3. The van der Waals surface area contributed by atoms with Crippen LogP contribution in [-0.2, 0) is 14.8 Å². The molecule has 1 N–H and O–H groups in total. The fourth-order valence-electron chi connectivity index (χ4n) is 2.09. The van der Waals surface area contributed by atoms with Gasteiger partial charge in [0.2, 0.25) is 15.9 Å². The van der Waals surface area contributed by atoms with Gasteiger partial charge in [0.05, 0.1) is 6.20 Å². The number of hydrogen-bond donors (Lipinski definition) is 1. The lowest BCUT2D eigenvalue weighted by Crippen LogP contribution is -2.45. The molecule has 18 heavy (non-hydrogen) atoms. The highest BCUT2D eigenvalue weighted by Crippen LogP contribution is 2.26. The molecule has 1 amide bonds. The first kappa shape index (κ1) is 13.0. The molecule has 100 valence electrons. The number of likely N-dealkylation sites (N-methyl/N-ethyl adjacent to an activating group) is 1. The highest BCUT2D eigenvalue weighted by atomic mass is 32.2. The van der Waals surface area contributed by atoms with E-state index in [0.29, 0.717) is 19.4 Å². The summed E-state index contributed by atoms with van der Waals surface area (Å²) >= 11 is 0. The van der Waals surface area contributed by atoms with Gasteiger partial charge in [-0.3, -0.25) is 9.89 Å². The highest BCUT2D eigenvalue weighted by Gasteiger charge is 2.40. The first-order valence-corrected chi connectivity index (χ1v) is 7.10. The number of rotatable bonds is 3. The Balaban J connectivity index is 2.30. The molecule has 0 bridgehead atoms. The summed E-state index contributed by atoms with van der Waals surface area (Å²) in [5, 5.41) is 6.11. The van der Waals surface area contributed by atoms with Crippen LogP contribution in [0.1, 0.15) is 12.8 Å². The fourth-order valence-corrected chi connectivity index (χ4v) is 3.65. The zero-order valence-corrected chi connectivity index (χ0v) is 11.1. The summed E-state index contributed by atoms with van der Waals surface area (Å²) in [5.41, 5.74) is 0. The maximum absolute atomic E-state index is 12.3. The van der Waals surface area contributed by atoms with E-state index in [-0.39, 0.29) is 10.8 Å². The zero-order chi connectivity index (χ0) is 13.3. The van der Waals surface area contributed by atoms with E-state index in [2.05, 4.69) is 10.2 Å². The van der Waals surface area contributed by atoms with E-state index in [0.717, 1.165) is 0 Å². The van der Waals surface area contributed by atoms with E-state index in [1.807, 2.05) is 0 Å². The first-order valence-electron chi connectivity index (χ1n) is 5.66. The van der Waals surface area contributed by atoms with Crippen LogP contribution in [0.2, 0.25) is 0 Å². The maximum Gasteiger partial charge on any atom is 0.246 e. The molecule has 0 aliphatic carbocycles. The molecule has 1 aromatic rings. The molecule has 7 nitrogen and oxygen atoms in total. The molecule has 1 fully saturated rings. The summed E-state index contributed by atoms with van der Waals surface area (Å²) in [6.07, 6.45) is 3.84. The second kappa shape index (κ2) is 4.69. The summed E-state index contributed by atoms with van der Waals surface area (Å²) < 4.78 is 25.9. The van der Waals surface area contributed by atoms with Gasteiger partial charge in [0.25, 0.3) is 0 Å². The van der Waals surface area contributed by atoms with E-state index < -0.39 is 16.1 Å². The summed E-state index contributed by atoms with van der Waals surface area (Å²) in [6.45, 7) is 0.373. The lowest BCUT2D eigenvalue weighted by Gasteiger charge is -2.24.